The molecule has 2 aromatic rings. The maximum absolute atomic E-state index is 11.7. The van der Waals surface area contributed by atoms with Gasteiger partial charge in [-0.2, -0.15) is 0 Å². The minimum absolute atomic E-state index is 0.0323. The van der Waals surface area contributed by atoms with Crippen LogP contribution in [0.2, 0.25) is 0 Å². The van der Waals surface area contributed by atoms with E-state index in [0.29, 0.717) is 10.1 Å². The first-order valence-electron chi connectivity index (χ1n) is 5.36. The Morgan fingerprint density at radius 3 is 2.78 bits per heavy atom. The number of nitrogens with zero attached hydrogens (tertiary/aromatic N) is 2. The highest BCUT2D eigenvalue weighted by Gasteiger charge is 2.37. The number of hydrogen-bond acceptors (Lipinski definition) is 5. The van der Waals surface area contributed by atoms with Crippen molar-refractivity contribution in [3.63, 3.8) is 0 Å². The van der Waals surface area contributed by atoms with Gasteiger partial charge >= 0.3 is 0 Å². The summed E-state index contributed by atoms with van der Waals surface area (Å²) in [4.78, 5) is 20.1. The third-order valence-corrected chi connectivity index (χ3v) is 4.93. The van der Waals surface area contributed by atoms with Crippen LogP contribution < -0.4 is 5.11 Å². The van der Waals surface area contributed by atoms with E-state index in [4.69, 9.17) is 0 Å². The van der Waals surface area contributed by atoms with Gasteiger partial charge in [-0.05, 0) is 19.9 Å². The summed E-state index contributed by atoms with van der Waals surface area (Å²) in [5, 5.41) is 12.6. The minimum atomic E-state index is -0.517. The molecular formula is C12H9N2O2S2-. The quantitative estimate of drug-likeness (QED) is 0.801. The molecule has 1 aliphatic heterocycles. The minimum Gasteiger partial charge on any atom is -0.872 e. The zero-order valence-electron chi connectivity index (χ0n) is 9.76. The van der Waals surface area contributed by atoms with Gasteiger partial charge in [0, 0.05) is 0 Å². The molecule has 1 amide bonds. The lowest BCUT2D eigenvalue weighted by atomic mass is 10.2. The molecule has 0 radical (unpaired) electrons. The lowest BCUT2D eigenvalue weighted by molar-refractivity contribution is -0.268. The summed E-state index contributed by atoms with van der Waals surface area (Å²) >= 11 is 2.82. The molecule has 0 bridgehead atoms. The third-order valence-electron chi connectivity index (χ3n) is 2.61. The molecule has 1 aromatic carbocycles. The molecule has 6 heteroatoms. The van der Waals surface area contributed by atoms with Crippen LogP contribution in [0.5, 0.6) is 5.75 Å². The van der Waals surface area contributed by atoms with Crippen molar-refractivity contribution in [3.05, 3.63) is 23.2 Å². The lowest BCUT2D eigenvalue weighted by Gasteiger charge is -2.10. The first-order chi connectivity index (χ1) is 8.45. The number of benzene rings is 1. The van der Waals surface area contributed by atoms with Crippen molar-refractivity contribution >= 4 is 44.3 Å². The van der Waals surface area contributed by atoms with Crippen LogP contribution in [0.3, 0.4) is 0 Å². The average molecular weight is 277 g/mol. The molecule has 0 unspecified atom stereocenters. The maximum atomic E-state index is 11.7. The second-order valence-electron chi connectivity index (χ2n) is 4.48. The van der Waals surface area contributed by atoms with E-state index < -0.39 is 4.75 Å². The molecular weight excluding hydrogens is 268 g/mol. The largest absolute Gasteiger partial charge is 0.872 e. The molecule has 0 saturated heterocycles. The molecule has 0 saturated carbocycles. The number of carbonyl (C=O) groups excluding carboxylic acids is 1. The Balaban J connectivity index is 2.06. The van der Waals surface area contributed by atoms with Gasteiger partial charge in [0.2, 0.25) is 0 Å². The summed E-state index contributed by atoms with van der Waals surface area (Å²) in [5.74, 6) is -0.165. The molecule has 0 fully saturated rings. The number of thioether (sulfide) groups is 1. The van der Waals surface area contributed by atoms with Gasteiger partial charge in [0.15, 0.2) is 0 Å². The molecule has 4 nitrogen and oxygen atoms in total. The third kappa shape index (κ3) is 1.81. The van der Waals surface area contributed by atoms with Gasteiger partial charge < -0.3 is 5.11 Å². The van der Waals surface area contributed by atoms with Crippen LogP contribution in [0.15, 0.2) is 23.2 Å². The lowest BCUT2D eigenvalue weighted by Crippen LogP contribution is -2.21. The number of rotatable bonds is 1. The molecule has 0 atom stereocenters. The Hall–Kier alpha value is -1.40. The van der Waals surface area contributed by atoms with Gasteiger partial charge in [0.1, 0.15) is 10.1 Å². The highest BCUT2D eigenvalue weighted by Crippen LogP contribution is 2.38. The molecule has 18 heavy (non-hydrogen) atoms. The van der Waals surface area contributed by atoms with Crippen LogP contribution in [-0.2, 0) is 4.79 Å². The van der Waals surface area contributed by atoms with Crippen molar-refractivity contribution in [2.24, 2.45) is 4.99 Å². The van der Waals surface area contributed by atoms with Gasteiger partial charge in [0.25, 0.3) is 5.91 Å². The zero-order chi connectivity index (χ0) is 12.9. The predicted molar refractivity (Wildman–Crippen MR) is 72.3 cm³/mol. The summed E-state index contributed by atoms with van der Waals surface area (Å²) in [6.07, 6.45) is 0. The van der Waals surface area contributed by atoms with Crippen LogP contribution in [0, 0.1) is 0 Å². The summed E-state index contributed by atoms with van der Waals surface area (Å²) in [5.41, 5.74) is 0.773. The van der Waals surface area contributed by atoms with Gasteiger partial charge in [-0.15, -0.1) is 17.1 Å². The molecule has 1 aromatic heterocycles. The Morgan fingerprint density at radius 2 is 2.11 bits per heavy atom. The fraction of sp³-hybridized carbons (Fsp3) is 0.250. The van der Waals surface area contributed by atoms with Gasteiger partial charge in [-0.1, -0.05) is 23.9 Å². The second-order valence-corrected chi connectivity index (χ2v) is 7.13. The normalized spacial score (nSPS) is 18.3. The molecule has 0 spiro atoms. The summed E-state index contributed by atoms with van der Waals surface area (Å²) in [6, 6.07) is 4.75. The fourth-order valence-corrected chi connectivity index (χ4v) is 3.63. The molecule has 2 heterocycles. The Labute approximate surface area is 112 Å². The van der Waals surface area contributed by atoms with E-state index >= 15 is 0 Å². The van der Waals surface area contributed by atoms with Crippen LogP contribution in [0.25, 0.3) is 10.2 Å². The van der Waals surface area contributed by atoms with Crippen molar-refractivity contribution in [2.45, 2.75) is 18.6 Å². The predicted octanol–water partition coefficient (Wildman–Crippen LogP) is 2.17. The van der Waals surface area contributed by atoms with Crippen molar-refractivity contribution in [1.29, 1.82) is 0 Å². The summed E-state index contributed by atoms with van der Waals surface area (Å²) < 4.78 is 0.314. The van der Waals surface area contributed by atoms with E-state index in [1.54, 1.807) is 12.1 Å². The Bertz CT molecular complexity index is 688. The summed E-state index contributed by atoms with van der Waals surface area (Å²) in [6.45, 7) is 3.69. The van der Waals surface area contributed by atoms with Crippen LogP contribution in [0.1, 0.15) is 18.9 Å². The molecule has 92 valence electrons. The standard InChI is InChI=1S/C12H10N2O2S2/c1-12(2)11(16)14-10(18-12)9-13-7-4-3-6(15)5-8(7)17-9/h3-5,15H,1-2H3/p-1. The van der Waals surface area contributed by atoms with Gasteiger partial charge in [-0.25, -0.2) is 9.98 Å². The van der Waals surface area contributed by atoms with Crippen LogP contribution in [0.4, 0.5) is 0 Å². The molecule has 0 aliphatic carbocycles. The van der Waals surface area contributed by atoms with E-state index in [1.807, 2.05) is 13.8 Å². The van der Waals surface area contributed by atoms with Crippen molar-refractivity contribution < 1.29 is 9.90 Å². The second kappa shape index (κ2) is 3.80. The number of aromatic nitrogens is 1. The van der Waals surface area contributed by atoms with E-state index in [0.717, 1.165) is 10.2 Å². The van der Waals surface area contributed by atoms with Crippen LogP contribution in [-0.4, -0.2) is 20.7 Å². The topological polar surface area (TPSA) is 65.4 Å². The van der Waals surface area contributed by atoms with Crippen molar-refractivity contribution in [1.82, 2.24) is 4.98 Å². The number of carbonyl (C=O) groups is 1. The van der Waals surface area contributed by atoms with Crippen LogP contribution >= 0.6 is 23.1 Å². The van der Waals surface area contributed by atoms with E-state index in [9.17, 15) is 9.90 Å². The highest BCUT2D eigenvalue weighted by molar-refractivity contribution is 8.16. The van der Waals surface area contributed by atoms with Gasteiger partial charge in [-0.3, -0.25) is 4.79 Å². The number of thiazole rings is 1. The zero-order valence-corrected chi connectivity index (χ0v) is 11.4. The van der Waals surface area contributed by atoms with E-state index in [-0.39, 0.29) is 11.7 Å². The highest BCUT2D eigenvalue weighted by atomic mass is 32.2. The first kappa shape index (κ1) is 11.7. The maximum Gasteiger partial charge on any atom is 0.262 e. The SMILES string of the molecule is CC1(C)SC(c2nc3ccc([O-])cc3s2)=NC1=O. The summed E-state index contributed by atoms with van der Waals surface area (Å²) in [7, 11) is 0. The molecule has 3 rings (SSSR count). The van der Waals surface area contributed by atoms with Crippen molar-refractivity contribution in [2.75, 3.05) is 0 Å². The molecule has 1 aliphatic rings. The Kier molecular flexibility index (Phi) is 2.46. The Morgan fingerprint density at radius 1 is 1.33 bits per heavy atom. The van der Waals surface area contributed by atoms with Crippen molar-refractivity contribution in [3.8, 4) is 5.75 Å². The fourth-order valence-electron chi connectivity index (χ4n) is 1.62. The molecule has 0 N–H and O–H groups in total. The van der Waals surface area contributed by atoms with E-state index in [1.165, 1.54) is 29.2 Å². The average Bonchev–Trinajstić information content (AvgIpc) is 2.80. The first-order valence-corrected chi connectivity index (χ1v) is 6.99. The monoisotopic (exact) mass is 277 g/mol. The number of amides is 1. The number of hydrogen-bond donors (Lipinski definition) is 0. The number of fused-ring (bicyclic) bond motifs is 1. The number of aliphatic imine (C=N–C) groups is 1. The smallest absolute Gasteiger partial charge is 0.262 e. The van der Waals surface area contributed by atoms with Gasteiger partial charge in [0.05, 0.1) is 15.0 Å². The van der Waals surface area contributed by atoms with E-state index in [2.05, 4.69) is 9.98 Å².